The van der Waals surface area contributed by atoms with E-state index in [-0.39, 0.29) is 11.3 Å². The van der Waals surface area contributed by atoms with E-state index in [1.807, 2.05) is 18.2 Å². The third kappa shape index (κ3) is 4.27. The first-order valence-corrected chi connectivity index (χ1v) is 11.9. The number of para-hydroxylation sites is 1. The fourth-order valence-corrected chi connectivity index (χ4v) is 5.82. The summed E-state index contributed by atoms with van der Waals surface area (Å²) in [5.41, 5.74) is 1.14. The number of rotatable bonds is 7. The zero-order valence-corrected chi connectivity index (χ0v) is 19.1. The maximum absolute atomic E-state index is 13.8. The van der Waals surface area contributed by atoms with Gasteiger partial charge in [-0.15, -0.1) is 0 Å². The van der Waals surface area contributed by atoms with Crippen molar-refractivity contribution in [2.24, 2.45) is 0 Å². The van der Waals surface area contributed by atoms with Crippen molar-refractivity contribution in [3.8, 4) is 5.75 Å². The van der Waals surface area contributed by atoms with Gasteiger partial charge in [0.15, 0.2) is 0 Å². The number of methoxy groups -OCH3 is 1. The van der Waals surface area contributed by atoms with Gasteiger partial charge >= 0.3 is 0 Å². The summed E-state index contributed by atoms with van der Waals surface area (Å²) in [4.78, 5) is 27.4. The van der Waals surface area contributed by atoms with Crippen LogP contribution in [0.5, 0.6) is 5.75 Å². The lowest BCUT2D eigenvalue weighted by Crippen LogP contribution is -2.46. The molecule has 1 fully saturated rings. The summed E-state index contributed by atoms with van der Waals surface area (Å²) in [5, 5.41) is 0. The van der Waals surface area contributed by atoms with Gasteiger partial charge in [0.25, 0.3) is 5.91 Å². The molecule has 0 aromatic heterocycles. The van der Waals surface area contributed by atoms with Crippen LogP contribution in [0.15, 0.2) is 89.8 Å². The van der Waals surface area contributed by atoms with E-state index in [1.165, 1.54) is 19.2 Å². The van der Waals surface area contributed by atoms with E-state index in [2.05, 4.69) is 0 Å². The van der Waals surface area contributed by atoms with Crippen LogP contribution in [0.25, 0.3) is 0 Å². The number of benzene rings is 3. The normalized spacial score (nSPS) is 17.4. The maximum atomic E-state index is 13.8. The highest BCUT2D eigenvalue weighted by Crippen LogP contribution is 2.35. The molecule has 1 aliphatic heterocycles. The highest BCUT2D eigenvalue weighted by atomic mass is 32.2. The van der Waals surface area contributed by atoms with Crippen LogP contribution in [-0.2, 0) is 19.6 Å². The van der Waals surface area contributed by atoms with E-state index in [4.69, 9.17) is 4.74 Å². The Bertz CT molecular complexity index is 1240. The first-order valence-electron chi connectivity index (χ1n) is 10.5. The highest BCUT2D eigenvalue weighted by Gasteiger charge is 2.48. The summed E-state index contributed by atoms with van der Waals surface area (Å²) in [5.74, 6) is -0.489. The number of carbonyl (C=O) groups is 2. The van der Waals surface area contributed by atoms with Crippen molar-refractivity contribution in [1.82, 2.24) is 4.31 Å². The Morgan fingerprint density at radius 3 is 2.06 bits per heavy atom. The van der Waals surface area contributed by atoms with Crippen LogP contribution in [0.1, 0.15) is 24.9 Å². The topological polar surface area (TPSA) is 84.0 Å². The molecule has 8 heteroatoms. The van der Waals surface area contributed by atoms with Gasteiger partial charge in [0.05, 0.1) is 24.1 Å². The molecule has 170 valence electrons. The van der Waals surface area contributed by atoms with Crippen molar-refractivity contribution >= 4 is 27.5 Å². The molecule has 0 aliphatic carbocycles. The number of hydrogen-bond donors (Lipinski definition) is 0. The summed E-state index contributed by atoms with van der Waals surface area (Å²) in [6, 6.07) is 21.7. The van der Waals surface area contributed by atoms with Crippen molar-refractivity contribution in [3.05, 3.63) is 90.5 Å². The molecule has 2 unspecified atom stereocenters. The summed E-state index contributed by atoms with van der Waals surface area (Å²) < 4.78 is 34.0. The second-order valence-corrected chi connectivity index (χ2v) is 9.56. The molecule has 0 bridgehead atoms. The van der Waals surface area contributed by atoms with E-state index in [0.29, 0.717) is 17.0 Å². The predicted octanol–water partition coefficient (Wildman–Crippen LogP) is 3.78. The minimum absolute atomic E-state index is 0.0180. The third-order valence-corrected chi connectivity index (χ3v) is 7.74. The highest BCUT2D eigenvalue weighted by molar-refractivity contribution is 7.89. The van der Waals surface area contributed by atoms with Crippen LogP contribution in [0, 0.1) is 0 Å². The van der Waals surface area contributed by atoms with Gasteiger partial charge in [-0.05, 0) is 48.9 Å². The van der Waals surface area contributed by atoms with Crippen LogP contribution in [0.4, 0.5) is 5.69 Å². The van der Waals surface area contributed by atoms with E-state index in [0.717, 1.165) is 9.21 Å². The molecule has 0 N–H and O–H groups in total. The molecule has 3 aromatic rings. The number of nitrogens with zero attached hydrogens (tertiary/aromatic N) is 2. The smallest absolute Gasteiger partial charge is 0.252 e. The Labute approximate surface area is 193 Å². The number of carbonyl (C=O) groups excluding carboxylic acids is 2. The van der Waals surface area contributed by atoms with E-state index >= 15 is 0 Å². The summed E-state index contributed by atoms with van der Waals surface area (Å²) in [7, 11) is -2.65. The molecule has 33 heavy (non-hydrogen) atoms. The fourth-order valence-electron chi connectivity index (χ4n) is 4.06. The van der Waals surface area contributed by atoms with E-state index in [9.17, 15) is 18.0 Å². The molecule has 1 saturated heterocycles. The summed E-state index contributed by atoms with van der Waals surface area (Å²) in [6.45, 7) is 1.72. The molecular formula is C25H24N2O5S. The zero-order chi connectivity index (χ0) is 23.6. The average Bonchev–Trinajstić information content (AvgIpc) is 3.13. The maximum Gasteiger partial charge on any atom is 0.252 e. The van der Waals surface area contributed by atoms with Gasteiger partial charge in [0.2, 0.25) is 15.9 Å². The van der Waals surface area contributed by atoms with Gasteiger partial charge in [-0.3, -0.25) is 9.59 Å². The lowest BCUT2D eigenvalue weighted by Gasteiger charge is -2.32. The number of ether oxygens (including phenoxy) is 1. The Morgan fingerprint density at radius 1 is 0.909 bits per heavy atom. The number of sulfonamides is 1. The minimum Gasteiger partial charge on any atom is -0.497 e. The van der Waals surface area contributed by atoms with Crippen LogP contribution < -0.4 is 9.64 Å². The fraction of sp³-hybridized carbons (Fsp3) is 0.200. The van der Waals surface area contributed by atoms with Crippen molar-refractivity contribution in [3.63, 3.8) is 0 Å². The minimum atomic E-state index is -4.14. The van der Waals surface area contributed by atoms with Crippen molar-refractivity contribution in [2.45, 2.75) is 30.3 Å². The molecule has 3 aromatic carbocycles. The van der Waals surface area contributed by atoms with Crippen molar-refractivity contribution in [1.29, 1.82) is 0 Å². The molecule has 0 radical (unpaired) electrons. The van der Waals surface area contributed by atoms with Crippen molar-refractivity contribution in [2.75, 3.05) is 12.0 Å². The van der Waals surface area contributed by atoms with Gasteiger partial charge in [0, 0.05) is 6.04 Å². The molecule has 1 aliphatic rings. The molecule has 2 atom stereocenters. The lowest BCUT2D eigenvalue weighted by molar-refractivity contribution is -0.122. The second-order valence-electron chi connectivity index (χ2n) is 7.72. The van der Waals surface area contributed by atoms with Gasteiger partial charge in [-0.1, -0.05) is 48.5 Å². The Kier molecular flexibility index (Phi) is 6.31. The largest absolute Gasteiger partial charge is 0.497 e. The Balaban J connectivity index is 1.79. The number of imide groups is 1. The zero-order valence-electron chi connectivity index (χ0n) is 18.3. The SMILES string of the molecule is COc1ccc(S(=O)(=O)N(C2CC(=O)N(c3ccccc3)C2=O)C(C)c2ccccc2)cc1. The van der Waals surface area contributed by atoms with Gasteiger partial charge in [0.1, 0.15) is 11.8 Å². The quantitative estimate of drug-likeness (QED) is 0.497. The van der Waals surface area contributed by atoms with Crippen LogP contribution in [0.3, 0.4) is 0 Å². The monoisotopic (exact) mass is 464 g/mol. The summed E-state index contributed by atoms with van der Waals surface area (Å²) >= 11 is 0. The van der Waals surface area contributed by atoms with Crippen molar-refractivity contribution < 1.29 is 22.7 Å². The first kappa shape index (κ1) is 22.7. The number of hydrogen-bond acceptors (Lipinski definition) is 5. The molecular weight excluding hydrogens is 440 g/mol. The van der Waals surface area contributed by atoms with Gasteiger partial charge < -0.3 is 4.74 Å². The molecule has 7 nitrogen and oxygen atoms in total. The van der Waals surface area contributed by atoms with Crippen LogP contribution in [-0.4, -0.2) is 37.7 Å². The Morgan fingerprint density at radius 2 is 1.48 bits per heavy atom. The third-order valence-electron chi connectivity index (χ3n) is 5.74. The Hall–Kier alpha value is -3.49. The summed E-state index contributed by atoms with van der Waals surface area (Å²) in [6.07, 6.45) is -0.236. The molecule has 0 saturated carbocycles. The molecule has 4 rings (SSSR count). The van der Waals surface area contributed by atoms with Crippen LogP contribution >= 0.6 is 0 Å². The lowest BCUT2D eigenvalue weighted by atomic mass is 10.1. The van der Waals surface area contributed by atoms with E-state index in [1.54, 1.807) is 61.5 Å². The predicted molar refractivity (Wildman–Crippen MR) is 124 cm³/mol. The standard InChI is InChI=1S/C25H24N2O5S/c1-18(19-9-5-3-6-10-19)27(33(30,31)22-15-13-21(32-2)14-16-22)23-17-24(28)26(25(23)29)20-11-7-4-8-12-20/h3-16,18,23H,17H2,1-2H3. The average molecular weight is 465 g/mol. The van der Waals surface area contributed by atoms with Gasteiger partial charge in [-0.2, -0.15) is 4.31 Å². The first-order chi connectivity index (χ1) is 15.8. The van der Waals surface area contributed by atoms with Gasteiger partial charge in [-0.25, -0.2) is 13.3 Å². The second kappa shape index (κ2) is 9.17. The number of amides is 2. The van der Waals surface area contributed by atoms with Crippen LogP contribution in [0.2, 0.25) is 0 Å². The van der Waals surface area contributed by atoms with E-state index < -0.39 is 33.9 Å². The molecule has 2 amide bonds. The molecule has 1 heterocycles. The number of anilines is 1. The molecule has 0 spiro atoms.